The van der Waals surface area contributed by atoms with Crippen molar-refractivity contribution in [3.8, 4) is 11.5 Å². The van der Waals surface area contributed by atoms with Crippen molar-refractivity contribution < 1.29 is 56.2 Å². The first kappa shape index (κ1) is 44.0. The Hall–Kier alpha value is -6.39. The number of hydrogen-bond acceptors (Lipinski definition) is 9. The number of carboxylic acids is 1. The Morgan fingerprint density at radius 2 is 1.29 bits per heavy atom. The van der Waals surface area contributed by atoms with E-state index < -0.39 is 61.9 Å². The summed E-state index contributed by atoms with van der Waals surface area (Å²) in [5, 5.41) is 24.8. The first-order valence-electron chi connectivity index (χ1n) is 16.6. The number of nitrogens with zero attached hydrogens (tertiary/aromatic N) is 1. The van der Waals surface area contributed by atoms with Gasteiger partial charge in [0.05, 0.1) is 12.3 Å². The zero-order valence-electron chi connectivity index (χ0n) is 30.0. The van der Waals surface area contributed by atoms with Gasteiger partial charge in [0.1, 0.15) is 23.6 Å². The molecule has 0 aliphatic heterocycles. The Kier molecular flexibility index (Phi) is 16.0. The lowest BCUT2D eigenvalue weighted by molar-refractivity contribution is -0.192. The zero-order valence-corrected chi connectivity index (χ0v) is 30.9. The highest BCUT2D eigenvalue weighted by Gasteiger charge is 2.42. The number of amides is 3. The normalized spacial score (nSPS) is 12.6. The molecule has 1 unspecified atom stereocenters. The number of nitrogens with one attached hydrogen (secondary N) is 3. The van der Waals surface area contributed by atoms with Gasteiger partial charge in [-0.15, -0.1) is 0 Å². The van der Waals surface area contributed by atoms with E-state index in [0.29, 0.717) is 22.4 Å². The van der Waals surface area contributed by atoms with Crippen molar-refractivity contribution in [2.45, 2.75) is 44.3 Å². The summed E-state index contributed by atoms with van der Waals surface area (Å²) >= 11 is 0. The van der Waals surface area contributed by atoms with Crippen molar-refractivity contribution >= 4 is 42.9 Å². The summed E-state index contributed by atoms with van der Waals surface area (Å²) in [5.41, 5.74) is 13.1. The number of aliphatic carboxylic acids is 1. The second kappa shape index (κ2) is 20.3. The summed E-state index contributed by atoms with van der Waals surface area (Å²) in [6.07, 6.45) is -5.11. The zero-order chi connectivity index (χ0) is 41.5. The molecule has 15 nitrogen and oxygen atoms in total. The van der Waals surface area contributed by atoms with Crippen molar-refractivity contribution in [1.29, 1.82) is 0 Å². The lowest BCUT2D eigenvalue weighted by Crippen LogP contribution is -2.55. The van der Waals surface area contributed by atoms with Gasteiger partial charge >= 0.3 is 19.7 Å². The van der Waals surface area contributed by atoms with Crippen molar-refractivity contribution in [3.05, 3.63) is 126 Å². The number of aliphatic imine (C=N–C) groups is 1. The van der Waals surface area contributed by atoms with E-state index in [1.54, 1.807) is 116 Å². The number of carbonyl (C=O) groups is 4. The number of halogens is 3. The molecule has 3 atom stereocenters. The number of hydrogen-bond donors (Lipinski definition) is 7. The van der Waals surface area contributed by atoms with Gasteiger partial charge in [0.25, 0.3) is 5.91 Å². The fourth-order valence-corrected chi connectivity index (χ4v) is 6.49. The third-order valence-electron chi connectivity index (χ3n) is 7.45. The lowest BCUT2D eigenvalue weighted by Gasteiger charge is -2.29. The Morgan fingerprint density at radius 1 is 0.786 bits per heavy atom. The molecule has 9 N–H and O–H groups in total. The molecule has 3 amide bonds. The predicted octanol–water partition coefficient (Wildman–Crippen LogP) is 4.16. The molecular formula is C37H40F3N6O9P. The minimum atomic E-state index is -5.08. The number of nitrogens with two attached hydrogens (primary N) is 2. The van der Waals surface area contributed by atoms with Crippen LogP contribution in [0.25, 0.3) is 0 Å². The average molecular weight is 801 g/mol. The van der Waals surface area contributed by atoms with Gasteiger partial charge in [-0.1, -0.05) is 66.7 Å². The Balaban J connectivity index is 0.00000109. The largest absolute Gasteiger partial charge is 0.490 e. The van der Waals surface area contributed by atoms with Gasteiger partial charge in [0.15, 0.2) is 11.7 Å². The second-order valence-electron chi connectivity index (χ2n) is 11.8. The van der Waals surface area contributed by atoms with Gasteiger partial charge in [-0.05, 0) is 67.4 Å². The minimum Gasteiger partial charge on any atom is -0.475 e. The quantitative estimate of drug-likeness (QED) is 0.0511. The topological polar surface area (TPSA) is 245 Å². The van der Waals surface area contributed by atoms with Crippen LogP contribution in [0.1, 0.15) is 28.4 Å². The molecule has 0 saturated carbocycles. The molecule has 298 valence electrons. The molecule has 0 aliphatic rings. The van der Waals surface area contributed by atoms with Gasteiger partial charge in [0.2, 0.25) is 11.8 Å². The SMILES string of the molecule is Cc1ccccc1C(=O)N[C@H](CO)C(=O)N[C@@H](C)C(=O)NC(Cc1ccc(N=C(N)N)cc1)P(=O)(Oc1ccccc1)Oc1ccccc1.O=C(O)C(F)(F)F. The van der Waals surface area contributed by atoms with Crippen LogP contribution in [0.3, 0.4) is 0 Å². The Labute approximate surface area is 319 Å². The maximum atomic E-state index is 14.8. The number of para-hydroxylation sites is 2. The molecule has 0 saturated heterocycles. The lowest BCUT2D eigenvalue weighted by atomic mass is 10.1. The van der Waals surface area contributed by atoms with E-state index >= 15 is 0 Å². The number of guanidine groups is 1. The molecule has 0 radical (unpaired) electrons. The molecule has 56 heavy (non-hydrogen) atoms. The molecule has 0 spiro atoms. The van der Waals surface area contributed by atoms with Crippen LogP contribution in [0.2, 0.25) is 0 Å². The molecule has 0 aliphatic carbocycles. The van der Waals surface area contributed by atoms with E-state index in [4.69, 9.17) is 30.4 Å². The summed E-state index contributed by atoms with van der Waals surface area (Å²) in [4.78, 5) is 52.5. The van der Waals surface area contributed by atoms with Crippen LogP contribution in [-0.2, 0) is 25.4 Å². The van der Waals surface area contributed by atoms with E-state index in [2.05, 4.69) is 20.9 Å². The Morgan fingerprint density at radius 3 is 1.75 bits per heavy atom. The molecule has 0 bridgehead atoms. The average Bonchev–Trinajstić information content (AvgIpc) is 3.14. The number of rotatable bonds is 15. The van der Waals surface area contributed by atoms with Crippen LogP contribution in [-0.4, -0.2) is 70.5 Å². The van der Waals surface area contributed by atoms with Gasteiger partial charge in [-0.3, -0.25) is 14.4 Å². The molecule has 19 heteroatoms. The molecule has 0 aromatic heterocycles. The molecule has 4 rings (SSSR count). The smallest absolute Gasteiger partial charge is 0.475 e. The van der Waals surface area contributed by atoms with Crippen molar-refractivity contribution in [2.24, 2.45) is 16.5 Å². The number of alkyl halides is 3. The highest BCUT2D eigenvalue weighted by molar-refractivity contribution is 7.55. The van der Waals surface area contributed by atoms with Crippen LogP contribution < -0.4 is 36.5 Å². The number of benzene rings is 4. The molecule has 4 aromatic carbocycles. The number of carboxylic acid groups (broad SMARTS) is 1. The van der Waals surface area contributed by atoms with Crippen LogP contribution in [0, 0.1) is 6.92 Å². The van der Waals surface area contributed by atoms with Gasteiger partial charge in [-0.25, -0.2) is 14.4 Å². The number of aryl methyl sites for hydroxylation is 1. The van der Waals surface area contributed by atoms with E-state index in [1.807, 2.05) is 0 Å². The third kappa shape index (κ3) is 13.8. The maximum Gasteiger partial charge on any atom is 0.490 e. The van der Waals surface area contributed by atoms with E-state index in [9.17, 15) is 37.2 Å². The summed E-state index contributed by atoms with van der Waals surface area (Å²) < 4.78 is 58.6. The van der Waals surface area contributed by atoms with Crippen molar-refractivity contribution in [2.75, 3.05) is 6.61 Å². The van der Waals surface area contributed by atoms with Gasteiger partial charge in [-0.2, -0.15) is 13.2 Å². The maximum absolute atomic E-state index is 14.8. The molecule has 0 fully saturated rings. The number of carbonyl (C=O) groups excluding carboxylic acids is 3. The minimum absolute atomic E-state index is 0.0306. The third-order valence-corrected chi connectivity index (χ3v) is 9.46. The monoisotopic (exact) mass is 800 g/mol. The van der Waals surface area contributed by atoms with Crippen LogP contribution >= 0.6 is 7.60 Å². The van der Waals surface area contributed by atoms with E-state index in [-0.39, 0.29) is 23.9 Å². The number of aliphatic hydroxyl groups is 1. The second-order valence-corrected chi connectivity index (χ2v) is 13.9. The van der Waals surface area contributed by atoms with Crippen LogP contribution in [0.5, 0.6) is 11.5 Å². The summed E-state index contributed by atoms with van der Waals surface area (Å²) in [5.74, 6) is -5.78. The summed E-state index contributed by atoms with van der Waals surface area (Å²) in [6.45, 7) is 2.43. The first-order chi connectivity index (χ1) is 26.4. The predicted molar refractivity (Wildman–Crippen MR) is 200 cm³/mol. The van der Waals surface area contributed by atoms with E-state index in [1.165, 1.54) is 6.92 Å². The van der Waals surface area contributed by atoms with Gasteiger partial charge < -0.3 is 46.7 Å². The number of aliphatic hydroxyl groups excluding tert-OH is 1. The summed E-state index contributed by atoms with van der Waals surface area (Å²) in [6, 6.07) is 27.7. The molecule has 0 heterocycles. The van der Waals surface area contributed by atoms with Crippen molar-refractivity contribution in [3.63, 3.8) is 0 Å². The fraction of sp³-hybridized carbons (Fsp3) is 0.216. The Bertz CT molecular complexity index is 1970. The van der Waals surface area contributed by atoms with E-state index in [0.717, 1.165) is 0 Å². The first-order valence-corrected chi connectivity index (χ1v) is 18.2. The van der Waals surface area contributed by atoms with Crippen LogP contribution in [0.15, 0.2) is 114 Å². The standard InChI is InChI=1S/C35H39N6O7P.C2HF3O2/c1-23-11-9-10-16-29(23)33(44)40-30(22-42)34(45)38-24(2)32(43)41-31(21-25-17-19-26(20-18-25)39-35(36)37)49(46,47-27-12-5-3-6-13-27)48-28-14-7-4-8-15-28;3-2(4,5)1(6)7/h3-20,24,30-31,42H,21-22H2,1-2H3,(H,38,45)(H,40,44)(H,41,43)(H4,36,37,39);(H,6,7)/t24-,30+,31?;/m0./s1. The highest BCUT2D eigenvalue weighted by Crippen LogP contribution is 2.53. The van der Waals surface area contributed by atoms with Gasteiger partial charge in [0, 0.05) is 12.0 Å². The highest BCUT2D eigenvalue weighted by atomic mass is 31.2. The van der Waals surface area contributed by atoms with Crippen LogP contribution in [0.4, 0.5) is 18.9 Å². The fourth-order valence-electron chi connectivity index (χ4n) is 4.65. The molecular weight excluding hydrogens is 760 g/mol. The summed E-state index contributed by atoms with van der Waals surface area (Å²) in [7, 11) is -4.29. The van der Waals surface area contributed by atoms with Crippen molar-refractivity contribution in [1.82, 2.24) is 16.0 Å². The molecule has 4 aromatic rings.